The van der Waals surface area contributed by atoms with Crippen molar-refractivity contribution in [2.24, 2.45) is 5.92 Å². The van der Waals surface area contributed by atoms with Crippen LogP contribution in [0.1, 0.15) is 26.2 Å². The van der Waals surface area contributed by atoms with Crippen LogP contribution in [0.3, 0.4) is 0 Å². The Bertz CT molecular complexity index is 316. The van der Waals surface area contributed by atoms with Crippen LogP contribution in [-0.4, -0.2) is 51.3 Å². The molecule has 1 fully saturated rings. The predicted molar refractivity (Wildman–Crippen MR) is 70.7 cm³/mol. The van der Waals surface area contributed by atoms with Crippen molar-refractivity contribution in [1.82, 2.24) is 10.6 Å². The van der Waals surface area contributed by atoms with E-state index in [2.05, 4.69) is 10.6 Å². The van der Waals surface area contributed by atoms with E-state index in [1.807, 2.05) is 0 Å². The summed E-state index contributed by atoms with van der Waals surface area (Å²) >= 11 is 0. The fourth-order valence-electron chi connectivity index (χ4n) is 2.33. The molecule has 1 aliphatic rings. The number of esters is 1. The molecule has 0 aromatic rings. The molecule has 2 N–H and O–H groups in total. The van der Waals surface area contributed by atoms with Crippen molar-refractivity contribution in [2.75, 3.05) is 33.9 Å². The Kier molecular flexibility index (Phi) is 6.24. The second kappa shape index (κ2) is 7.45. The predicted octanol–water partition coefficient (Wildman–Crippen LogP) is 0.0704. The summed E-state index contributed by atoms with van der Waals surface area (Å²) in [6.45, 7) is 3.70. The third-order valence-corrected chi connectivity index (χ3v) is 3.43. The molecule has 0 spiro atoms. The minimum atomic E-state index is -1.12. The van der Waals surface area contributed by atoms with Gasteiger partial charge in [0.15, 0.2) is 5.54 Å². The van der Waals surface area contributed by atoms with Gasteiger partial charge in [-0.05, 0) is 38.8 Å². The summed E-state index contributed by atoms with van der Waals surface area (Å²) in [7, 11) is 2.78. The molecule has 1 rings (SSSR count). The maximum atomic E-state index is 11.9. The van der Waals surface area contributed by atoms with Gasteiger partial charge in [0.2, 0.25) is 5.91 Å². The average molecular weight is 272 g/mol. The first-order valence-corrected chi connectivity index (χ1v) is 6.61. The first kappa shape index (κ1) is 15.9. The van der Waals surface area contributed by atoms with Crippen LogP contribution >= 0.6 is 0 Å². The molecule has 2 unspecified atom stereocenters. The normalized spacial score (nSPS) is 21.7. The Labute approximate surface area is 114 Å². The second-order valence-corrected chi connectivity index (χ2v) is 5.20. The van der Waals surface area contributed by atoms with Gasteiger partial charge in [-0.1, -0.05) is 0 Å². The first-order valence-electron chi connectivity index (χ1n) is 6.61. The van der Waals surface area contributed by atoms with Crippen molar-refractivity contribution >= 4 is 11.9 Å². The summed E-state index contributed by atoms with van der Waals surface area (Å²) < 4.78 is 9.69. The molecule has 1 heterocycles. The summed E-state index contributed by atoms with van der Waals surface area (Å²) in [5.41, 5.74) is -1.12. The molecule has 19 heavy (non-hydrogen) atoms. The Morgan fingerprint density at radius 2 is 2.16 bits per heavy atom. The number of carbonyl (C=O) groups excluding carboxylic acids is 2. The minimum Gasteiger partial charge on any atom is -0.467 e. The average Bonchev–Trinajstić information content (AvgIpc) is 2.88. The van der Waals surface area contributed by atoms with Gasteiger partial charge < -0.3 is 20.1 Å². The summed E-state index contributed by atoms with van der Waals surface area (Å²) in [6.07, 6.45) is 2.37. The summed E-state index contributed by atoms with van der Waals surface area (Å²) in [5.74, 6) is -0.0837. The standard InChI is InChI=1S/C13H24N2O4/c1-13(9-18-2,12(17)19-3)15-11(16)5-4-10-6-7-14-8-10/h10,14H,4-9H2,1-3H3,(H,15,16). The number of hydrogen-bond acceptors (Lipinski definition) is 5. The summed E-state index contributed by atoms with van der Waals surface area (Å²) in [5, 5.41) is 5.98. The Balaban J connectivity index is 2.43. The highest BCUT2D eigenvalue weighted by molar-refractivity contribution is 5.87. The van der Waals surface area contributed by atoms with E-state index in [9.17, 15) is 9.59 Å². The Morgan fingerprint density at radius 3 is 2.68 bits per heavy atom. The van der Waals surface area contributed by atoms with E-state index in [-0.39, 0.29) is 12.5 Å². The molecule has 1 amide bonds. The van der Waals surface area contributed by atoms with E-state index in [0.29, 0.717) is 12.3 Å². The number of rotatable bonds is 7. The highest BCUT2D eigenvalue weighted by Gasteiger charge is 2.36. The van der Waals surface area contributed by atoms with E-state index in [1.54, 1.807) is 6.92 Å². The van der Waals surface area contributed by atoms with Crippen molar-refractivity contribution < 1.29 is 19.1 Å². The number of ether oxygens (including phenoxy) is 2. The van der Waals surface area contributed by atoms with Gasteiger partial charge in [-0.15, -0.1) is 0 Å². The summed E-state index contributed by atoms with van der Waals surface area (Å²) in [6, 6.07) is 0. The third kappa shape index (κ3) is 4.80. The van der Waals surface area contributed by atoms with Crippen LogP contribution in [0.4, 0.5) is 0 Å². The van der Waals surface area contributed by atoms with Gasteiger partial charge in [0.05, 0.1) is 13.7 Å². The molecule has 0 saturated carbocycles. The molecule has 0 aromatic carbocycles. The highest BCUT2D eigenvalue weighted by atomic mass is 16.5. The SMILES string of the molecule is COCC(C)(NC(=O)CCC1CCNC1)C(=O)OC. The van der Waals surface area contributed by atoms with Gasteiger partial charge >= 0.3 is 5.97 Å². The van der Waals surface area contributed by atoms with Crippen LogP contribution in [0.2, 0.25) is 0 Å². The number of methoxy groups -OCH3 is 2. The van der Waals surface area contributed by atoms with Crippen LogP contribution in [-0.2, 0) is 19.1 Å². The fraction of sp³-hybridized carbons (Fsp3) is 0.846. The molecule has 6 nitrogen and oxygen atoms in total. The van der Waals surface area contributed by atoms with Crippen LogP contribution in [0.15, 0.2) is 0 Å². The van der Waals surface area contributed by atoms with Crippen molar-refractivity contribution in [3.63, 3.8) is 0 Å². The van der Waals surface area contributed by atoms with Crippen LogP contribution in [0.5, 0.6) is 0 Å². The minimum absolute atomic E-state index is 0.0936. The molecule has 2 atom stereocenters. The van der Waals surface area contributed by atoms with Gasteiger partial charge in [0, 0.05) is 13.5 Å². The molecule has 1 aliphatic heterocycles. The van der Waals surface area contributed by atoms with Crippen LogP contribution < -0.4 is 10.6 Å². The lowest BCUT2D eigenvalue weighted by atomic mass is 10.0. The molecule has 0 radical (unpaired) electrons. The molecule has 1 saturated heterocycles. The van der Waals surface area contributed by atoms with Crippen molar-refractivity contribution in [3.8, 4) is 0 Å². The number of amides is 1. The smallest absolute Gasteiger partial charge is 0.333 e. The van der Waals surface area contributed by atoms with E-state index in [1.165, 1.54) is 14.2 Å². The molecular weight excluding hydrogens is 248 g/mol. The summed E-state index contributed by atoms with van der Waals surface area (Å²) in [4.78, 5) is 23.6. The van der Waals surface area contributed by atoms with Crippen molar-refractivity contribution in [1.29, 1.82) is 0 Å². The van der Waals surface area contributed by atoms with Crippen molar-refractivity contribution in [3.05, 3.63) is 0 Å². The monoisotopic (exact) mass is 272 g/mol. The lowest BCUT2D eigenvalue weighted by molar-refractivity contribution is -0.152. The maximum absolute atomic E-state index is 11.9. The topological polar surface area (TPSA) is 76.7 Å². The zero-order valence-electron chi connectivity index (χ0n) is 12.0. The van der Waals surface area contributed by atoms with Gasteiger partial charge in [-0.25, -0.2) is 4.79 Å². The molecule has 0 aliphatic carbocycles. The quantitative estimate of drug-likeness (QED) is 0.641. The lowest BCUT2D eigenvalue weighted by Crippen LogP contribution is -2.55. The molecular formula is C13H24N2O4. The van der Waals surface area contributed by atoms with Crippen LogP contribution in [0.25, 0.3) is 0 Å². The lowest BCUT2D eigenvalue weighted by Gasteiger charge is -2.27. The zero-order chi connectivity index (χ0) is 14.3. The zero-order valence-corrected chi connectivity index (χ0v) is 12.0. The number of hydrogen-bond donors (Lipinski definition) is 2. The Hall–Kier alpha value is -1.14. The van der Waals surface area contributed by atoms with E-state index in [0.717, 1.165) is 25.9 Å². The van der Waals surface area contributed by atoms with Gasteiger partial charge in [0.25, 0.3) is 0 Å². The van der Waals surface area contributed by atoms with Gasteiger partial charge in [-0.3, -0.25) is 4.79 Å². The first-order chi connectivity index (χ1) is 9.01. The van der Waals surface area contributed by atoms with Crippen LogP contribution in [0, 0.1) is 5.92 Å². The van der Waals surface area contributed by atoms with Crippen molar-refractivity contribution in [2.45, 2.75) is 31.7 Å². The highest BCUT2D eigenvalue weighted by Crippen LogP contribution is 2.15. The maximum Gasteiger partial charge on any atom is 0.333 e. The largest absolute Gasteiger partial charge is 0.467 e. The second-order valence-electron chi connectivity index (χ2n) is 5.20. The van der Waals surface area contributed by atoms with Gasteiger partial charge in [0.1, 0.15) is 0 Å². The number of carbonyl (C=O) groups is 2. The fourth-order valence-corrected chi connectivity index (χ4v) is 2.33. The van der Waals surface area contributed by atoms with E-state index in [4.69, 9.17) is 9.47 Å². The van der Waals surface area contributed by atoms with Gasteiger partial charge in [-0.2, -0.15) is 0 Å². The van der Waals surface area contributed by atoms with E-state index >= 15 is 0 Å². The molecule has 6 heteroatoms. The molecule has 0 aromatic heterocycles. The van der Waals surface area contributed by atoms with E-state index < -0.39 is 11.5 Å². The molecule has 0 bridgehead atoms. The molecule has 110 valence electrons. The Morgan fingerprint density at radius 1 is 1.42 bits per heavy atom. The third-order valence-electron chi connectivity index (χ3n) is 3.43. The number of nitrogens with one attached hydrogen (secondary N) is 2.